The number of nitrogens with one attached hydrogen (secondary N) is 1. The van der Waals surface area contributed by atoms with Crippen molar-refractivity contribution in [3.05, 3.63) is 71.3 Å². The van der Waals surface area contributed by atoms with Gasteiger partial charge in [-0.2, -0.15) is 0 Å². The lowest BCUT2D eigenvalue weighted by Crippen LogP contribution is -2.47. The smallest absolute Gasteiger partial charge is 0.226 e. The molecule has 0 aliphatic carbocycles. The van der Waals surface area contributed by atoms with Crippen molar-refractivity contribution in [2.45, 2.75) is 45.1 Å². The summed E-state index contributed by atoms with van der Waals surface area (Å²) in [6.07, 6.45) is 3.39. The monoisotopic (exact) mass is 364 g/mol. The number of carbonyl (C=O) groups is 2. The van der Waals surface area contributed by atoms with Gasteiger partial charge in [-0.15, -0.1) is 0 Å². The molecule has 0 atom stereocenters. The number of rotatable bonds is 6. The van der Waals surface area contributed by atoms with Crippen LogP contribution in [0.25, 0.3) is 0 Å². The number of benzene rings is 2. The second-order valence-corrected chi connectivity index (χ2v) is 7.37. The summed E-state index contributed by atoms with van der Waals surface area (Å²) in [7, 11) is 0. The maximum Gasteiger partial charge on any atom is 0.226 e. The first-order chi connectivity index (χ1) is 13.1. The van der Waals surface area contributed by atoms with Crippen molar-refractivity contribution in [1.29, 1.82) is 0 Å². The van der Waals surface area contributed by atoms with Crippen molar-refractivity contribution >= 4 is 11.8 Å². The minimum Gasteiger partial charge on any atom is -0.353 e. The lowest BCUT2D eigenvalue weighted by molar-refractivity contribution is -0.131. The van der Waals surface area contributed by atoms with Crippen molar-refractivity contribution < 1.29 is 9.59 Å². The van der Waals surface area contributed by atoms with E-state index in [-0.39, 0.29) is 17.9 Å². The van der Waals surface area contributed by atoms with Crippen LogP contribution in [0.1, 0.15) is 36.0 Å². The molecule has 0 bridgehead atoms. The molecule has 27 heavy (non-hydrogen) atoms. The van der Waals surface area contributed by atoms with Crippen LogP contribution in [-0.4, -0.2) is 35.8 Å². The Hall–Kier alpha value is -2.62. The molecule has 0 radical (unpaired) electrons. The van der Waals surface area contributed by atoms with Gasteiger partial charge in [-0.3, -0.25) is 9.59 Å². The van der Waals surface area contributed by atoms with E-state index in [0.717, 1.165) is 24.8 Å². The summed E-state index contributed by atoms with van der Waals surface area (Å²) in [5, 5.41) is 3.13. The number of hydrogen-bond donors (Lipinski definition) is 1. The fourth-order valence-corrected chi connectivity index (χ4v) is 3.47. The normalized spacial score (nSPS) is 14.8. The lowest BCUT2D eigenvalue weighted by Gasteiger charge is -2.32. The van der Waals surface area contributed by atoms with Gasteiger partial charge in [0.2, 0.25) is 11.8 Å². The van der Waals surface area contributed by atoms with E-state index in [4.69, 9.17) is 0 Å². The molecule has 2 amide bonds. The van der Waals surface area contributed by atoms with E-state index < -0.39 is 0 Å². The predicted molar refractivity (Wildman–Crippen MR) is 107 cm³/mol. The second kappa shape index (κ2) is 9.36. The van der Waals surface area contributed by atoms with Crippen molar-refractivity contribution in [3.8, 4) is 0 Å². The Bertz CT molecular complexity index is 748. The minimum atomic E-state index is 0.102. The van der Waals surface area contributed by atoms with Crippen molar-refractivity contribution in [2.24, 2.45) is 0 Å². The summed E-state index contributed by atoms with van der Waals surface area (Å²) < 4.78 is 0. The molecule has 0 unspecified atom stereocenters. The summed E-state index contributed by atoms with van der Waals surface area (Å²) in [5.74, 6) is 0.273. The highest BCUT2D eigenvalue weighted by Gasteiger charge is 2.23. The van der Waals surface area contributed by atoms with Crippen molar-refractivity contribution in [2.75, 3.05) is 13.1 Å². The fraction of sp³-hybridized carbons (Fsp3) is 0.391. The zero-order valence-electron chi connectivity index (χ0n) is 16.0. The number of likely N-dealkylation sites (tertiary alicyclic amines) is 1. The van der Waals surface area contributed by atoms with Gasteiger partial charge in [0.15, 0.2) is 0 Å². The van der Waals surface area contributed by atoms with Crippen LogP contribution >= 0.6 is 0 Å². The van der Waals surface area contributed by atoms with Gasteiger partial charge in [0.25, 0.3) is 0 Å². The van der Waals surface area contributed by atoms with E-state index in [1.807, 2.05) is 35.2 Å². The molecule has 4 nitrogen and oxygen atoms in total. The predicted octanol–water partition coefficient (Wildman–Crippen LogP) is 3.28. The van der Waals surface area contributed by atoms with E-state index in [1.165, 1.54) is 11.1 Å². The molecular weight excluding hydrogens is 336 g/mol. The third-order valence-electron chi connectivity index (χ3n) is 5.17. The van der Waals surface area contributed by atoms with Gasteiger partial charge in [0.1, 0.15) is 0 Å². The SMILES string of the molecule is Cc1ccc(CCC(=O)NC2CCN(C(=O)Cc3ccccc3)CC2)cc1. The Labute approximate surface area is 161 Å². The maximum atomic E-state index is 12.4. The summed E-state index contributed by atoms with van der Waals surface area (Å²) in [6, 6.07) is 18.3. The van der Waals surface area contributed by atoms with Crippen LogP contribution in [0.4, 0.5) is 0 Å². The lowest BCUT2D eigenvalue weighted by atomic mass is 10.0. The first-order valence-electron chi connectivity index (χ1n) is 9.77. The van der Waals surface area contributed by atoms with Gasteiger partial charge in [-0.1, -0.05) is 60.2 Å². The Morgan fingerprint density at radius 2 is 1.63 bits per heavy atom. The van der Waals surface area contributed by atoms with E-state index >= 15 is 0 Å². The van der Waals surface area contributed by atoms with Gasteiger partial charge >= 0.3 is 0 Å². The van der Waals surface area contributed by atoms with E-state index in [0.29, 0.717) is 25.9 Å². The quantitative estimate of drug-likeness (QED) is 0.855. The first-order valence-corrected chi connectivity index (χ1v) is 9.77. The highest BCUT2D eigenvalue weighted by Crippen LogP contribution is 2.13. The largest absolute Gasteiger partial charge is 0.353 e. The molecule has 1 aliphatic rings. The molecule has 0 spiro atoms. The average Bonchev–Trinajstić information content (AvgIpc) is 2.69. The number of piperidine rings is 1. The third-order valence-corrected chi connectivity index (χ3v) is 5.17. The van der Waals surface area contributed by atoms with Crippen molar-refractivity contribution in [3.63, 3.8) is 0 Å². The Morgan fingerprint density at radius 1 is 0.963 bits per heavy atom. The number of carbonyl (C=O) groups excluding carboxylic acids is 2. The molecule has 4 heteroatoms. The number of amides is 2. The van der Waals surface area contributed by atoms with Crippen LogP contribution in [0.3, 0.4) is 0 Å². The zero-order chi connectivity index (χ0) is 19.1. The van der Waals surface area contributed by atoms with Gasteiger partial charge in [0.05, 0.1) is 6.42 Å². The average molecular weight is 364 g/mol. The van der Waals surface area contributed by atoms with Gasteiger partial charge in [-0.25, -0.2) is 0 Å². The van der Waals surface area contributed by atoms with Gasteiger partial charge in [-0.05, 0) is 37.3 Å². The van der Waals surface area contributed by atoms with Gasteiger partial charge in [0, 0.05) is 25.6 Å². The van der Waals surface area contributed by atoms with E-state index in [2.05, 4.69) is 36.5 Å². The van der Waals surface area contributed by atoms with Gasteiger partial charge < -0.3 is 10.2 Å². The molecule has 1 heterocycles. The van der Waals surface area contributed by atoms with Crippen LogP contribution < -0.4 is 5.32 Å². The third kappa shape index (κ3) is 5.95. The van der Waals surface area contributed by atoms with E-state index in [9.17, 15) is 9.59 Å². The van der Waals surface area contributed by atoms with Crippen LogP contribution in [0.15, 0.2) is 54.6 Å². The highest BCUT2D eigenvalue weighted by molar-refractivity contribution is 5.79. The Kier molecular flexibility index (Phi) is 6.64. The summed E-state index contributed by atoms with van der Waals surface area (Å²) >= 11 is 0. The molecule has 1 aliphatic heterocycles. The summed E-state index contributed by atoms with van der Waals surface area (Å²) in [6.45, 7) is 3.50. The van der Waals surface area contributed by atoms with Crippen LogP contribution in [0.5, 0.6) is 0 Å². The minimum absolute atomic E-state index is 0.102. The standard InChI is InChI=1S/C23H28N2O2/c1-18-7-9-19(10-8-18)11-12-22(26)24-21-13-15-25(16-14-21)23(27)17-20-5-3-2-4-6-20/h2-10,21H,11-17H2,1H3,(H,24,26). The number of aryl methyl sites for hydroxylation is 2. The molecule has 142 valence electrons. The topological polar surface area (TPSA) is 49.4 Å². The fourth-order valence-electron chi connectivity index (χ4n) is 3.47. The number of nitrogens with zero attached hydrogens (tertiary/aromatic N) is 1. The molecular formula is C23H28N2O2. The van der Waals surface area contributed by atoms with E-state index in [1.54, 1.807) is 0 Å². The second-order valence-electron chi connectivity index (χ2n) is 7.37. The molecule has 2 aromatic rings. The molecule has 1 N–H and O–H groups in total. The summed E-state index contributed by atoms with van der Waals surface area (Å²) in [5.41, 5.74) is 3.47. The molecule has 2 aromatic carbocycles. The molecule has 3 rings (SSSR count). The maximum absolute atomic E-state index is 12.4. The molecule has 0 saturated carbocycles. The Balaban J connectivity index is 1.38. The van der Waals surface area contributed by atoms with Crippen LogP contribution in [0, 0.1) is 6.92 Å². The molecule has 1 fully saturated rings. The summed E-state index contributed by atoms with van der Waals surface area (Å²) in [4.78, 5) is 26.6. The number of hydrogen-bond acceptors (Lipinski definition) is 2. The van der Waals surface area contributed by atoms with Crippen LogP contribution in [0.2, 0.25) is 0 Å². The zero-order valence-corrected chi connectivity index (χ0v) is 16.0. The molecule has 0 aromatic heterocycles. The molecule has 1 saturated heterocycles. The first kappa shape index (κ1) is 19.2. The highest BCUT2D eigenvalue weighted by atomic mass is 16.2. The van der Waals surface area contributed by atoms with Crippen molar-refractivity contribution in [1.82, 2.24) is 10.2 Å². The van der Waals surface area contributed by atoms with Crippen LogP contribution in [-0.2, 0) is 22.4 Å². The Morgan fingerprint density at radius 3 is 2.30 bits per heavy atom.